The number of nitrogens with zero attached hydrogens (tertiary/aromatic N) is 2. The van der Waals surface area contributed by atoms with E-state index >= 15 is 0 Å². The first-order chi connectivity index (χ1) is 11.5. The lowest BCUT2D eigenvalue weighted by Gasteiger charge is -2.33. The maximum atomic E-state index is 11.6. The number of nitrogens with one attached hydrogen (secondary N) is 1. The number of fused-ring (bicyclic) bond motifs is 1. The summed E-state index contributed by atoms with van der Waals surface area (Å²) in [6, 6.07) is 9.73. The highest BCUT2D eigenvalue weighted by Gasteiger charge is 2.43. The van der Waals surface area contributed by atoms with Gasteiger partial charge < -0.3 is 14.6 Å². The molecule has 2 aromatic carbocycles. The van der Waals surface area contributed by atoms with Crippen LogP contribution in [0.4, 0.5) is 0 Å². The van der Waals surface area contributed by atoms with Crippen LogP contribution in [0.2, 0.25) is 0 Å². The fourth-order valence-corrected chi connectivity index (χ4v) is 3.12. The number of hydrogen-bond acceptors (Lipinski definition) is 5. The van der Waals surface area contributed by atoms with E-state index in [0.29, 0.717) is 22.8 Å². The summed E-state index contributed by atoms with van der Waals surface area (Å²) < 4.78 is 11.3. The largest absolute Gasteiger partial charge is 0.496 e. The lowest BCUT2D eigenvalue weighted by Crippen LogP contribution is -2.35. The average Bonchev–Trinajstić information content (AvgIpc) is 3.14. The van der Waals surface area contributed by atoms with Crippen LogP contribution in [0.5, 0.6) is 11.5 Å². The van der Waals surface area contributed by atoms with E-state index < -0.39 is 5.60 Å². The Balaban J connectivity index is 2.42. The van der Waals surface area contributed by atoms with Crippen molar-refractivity contribution in [1.82, 2.24) is 15.4 Å². The first-order valence-corrected chi connectivity index (χ1v) is 7.76. The third-order valence-corrected chi connectivity index (χ3v) is 4.41. The van der Waals surface area contributed by atoms with Gasteiger partial charge in [-0.2, -0.15) is 15.4 Å². The van der Waals surface area contributed by atoms with Crippen LogP contribution in [0.15, 0.2) is 36.5 Å². The second-order valence-corrected chi connectivity index (χ2v) is 5.98. The minimum atomic E-state index is -1.41. The van der Waals surface area contributed by atoms with Crippen LogP contribution in [-0.4, -0.2) is 34.7 Å². The smallest absolute Gasteiger partial charge is 0.144 e. The fourth-order valence-electron chi connectivity index (χ4n) is 3.12. The number of H-pyrrole nitrogens is 1. The zero-order valence-corrected chi connectivity index (χ0v) is 14.2. The molecular weight excluding hydrogens is 306 g/mol. The van der Waals surface area contributed by atoms with Crippen molar-refractivity contribution in [3.63, 3.8) is 0 Å². The summed E-state index contributed by atoms with van der Waals surface area (Å²) in [5.41, 5.74) is -0.437. The highest BCUT2D eigenvalue weighted by molar-refractivity contribution is 5.92. The monoisotopic (exact) mass is 327 g/mol. The van der Waals surface area contributed by atoms with E-state index in [-0.39, 0.29) is 5.92 Å². The molecule has 0 saturated carbocycles. The van der Waals surface area contributed by atoms with Crippen molar-refractivity contribution in [3.8, 4) is 11.5 Å². The Morgan fingerprint density at radius 3 is 2.50 bits per heavy atom. The van der Waals surface area contributed by atoms with Crippen LogP contribution in [0.3, 0.4) is 0 Å². The number of methoxy groups -OCH3 is 2. The molecule has 6 nitrogen and oxygen atoms in total. The number of benzene rings is 2. The molecule has 0 radical (unpaired) electrons. The summed E-state index contributed by atoms with van der Waals surface area (Å²) in [6.45, 7) is 3.84. The zero-order valence-electron chi connectivity index (χ0n) is 14.2. The van der Waals surface area contributed by atoms with E-state index in [9.17, 15) is 5.11 Å². The molecule has 24 heavy (non-hydrogen) atoms. The van der Waals surface area contributed by atoms with Gasteiger partial charge in [-0.3, -0.25) is 0 Å². The normalized spacial score (nSPS) is 13.9. The Hall–Kier alpha value is -2.60. The second kappa shape index (κ2) is 6.13. The third-order valence-electron chi connectivity index (χ3n) is 4.41. The molecule has 6 heteroatoms. The lowest BCUT2D eigenvalue weighted by atomic mass is 9.79. The molecule has 3 aromatic rings. The van der Waals surface area contributed by atoms with Crippen molar-refractivity contribution in [1.29, 1.82) is 0 Å². The lowest BCUT2D eigenvalue weighted by molar-refractivity contribution is 0.0231. The standard InChI is InChI=1S/C18H21N3O3/c1-11(2)18(22,15-10-19-21-20-15)16-14(23-3)9-12-7-5-6-8-13(12)17(16)24-4/h5-11,22H,1-4H3,(H,19,20,21). The topological polar surface area (TPSA) is 80.3 Å². The molecule has 2 N–H and O–H groups in total. The van der Waals surface area contributed by atoms with Crippen LogP contribution in [0, 0.1) is 5.92 Å². The van der Waals surface area contributed by atoms with Crippen LogP contribution in [0.1, 0.15) is 25.1 Å². The van der Waals surface area contributed by atoms with Gasteiger partial charge in [-0.05, 0) is 17.4 Å². The molecule has 0 aliphatic rings. The molecule has 1 atom stereocenters. The molecule has 1 heterocycles. The maximum absolute atomic E-state index is 11.6. The van der Waals surface area contributed by atoms with Crippen LogP contribution >= 0.6 is 0 Å². The van der Waals surface area contributed by atoms with Crippen molar-refractivity contribution in [2.75, 3.05) is 14.2 Å². The summed E-state index contributed by atoms with van der Waals surface area (Å²) in [4.78, 5) is 0. The minimum absolute atomic E-state index is 0.188. The molecule has 126 valence electrons. The molecule has 0 aliphatic heterocycles. The first kappa shape index (κ1) is 16.3. The van der Waals surface area contributed by atoms with Crippen LogP contribution in [-0.2, 0) is 5.60 Å². The molecule has 1 aromatic heterocycles. The zero-order chi connectivity index (χ0) is 17.3. The van der Waals surface area contributed by atoms with Crippen molar-refractivity contribution < 1.29 is 14.6 Å². The van der Waals surface area contributed by atoms with Crippen molar-refractivity contribution in [2.45, 2.75) is 19.4 Å². The minimum Gasteiger partial charge on any atom is -0.496 e. The van der Waals surface area contributed by atoms with E-state index in [1.54, 1.807) is 14.2 Å². The van der Waals surface area contributed by atoms with Gasteiger partial charge in [0, 0.05) is 5.39 Å². The molecule has 1 unspecified atom stereocenters. The molecule has 0 aliphatic carbocycles. The molecule has 0 saturated heterocycles. The third kappa shape index (κ3) is 2.30. The highest BCUT2D eigenvalue weighted by atomic mass is 16.5. The number of aromatic amines is 1. The number of aliphatic hydroxyl groups is 1. The van der Waals surface area contributed by atoms with E-state index in [0.717, 1.165) is 10.8 Å². The Kier molecular flexibility index (Phi) is 4.15. The number of rotatable bonds is 5. The maximum Gasteiger partial charge on any atom is 0.144 e. The SMILES string of the molecule is COc1cc2ccccc2c(OC)c1C(O)(c1cn[nH]n1)C(C)C. The Morgan fingerprint density at radius 1 is 1.17 bits per heavy atom. The fraction of sp³-hybridized carbons (Fsp3) is 0.333. The van der Waals surface area contributed by atoms with Crippen LogP contribution in [0.25, 0.3) is 10.8 Å². The van der Waals surface area contributed by atoms with E-state index in [1.165, 1.54) is 6.20 Å². The number of ether oxygens (including phenoxy) is 2. The molecule has 0 spiro atoms. The molecule has 3 rings (SSSR count). The van der Waals surface area contributed by atoms with Gasteiger partial charge in [-0.1, -0.05) is 38.1 Å². The second-order valence-electron chi connectivity index (χ2n) is 5.98. The Bertz CT molecular complexity index is 846. The van der Waals surface area contributed by atoms with Crippen molar-refractivity contribution in [3.05, 3.63) is 47.8 Å². The van der Waals surface area contributed by atoms with Gasteiger partial charge in [0.2, 0.25) is 0 Å². The average molecular weight is 327 g/mol. The van der Waals surface area contributed by atoms with Crippen molar-refractivity contribution >= 4 is 10.8 Å². The van der Waals surface area contributed by atoms with Gasteiger partial charge in [0.15, 0.2) is 0 Å². The molecule has 0 amide bonds. The summed E-state index contributed by atoms with van der Waals surface area (Å²) >= 11 is 0. The number of aromatic nitrogens is 3. The van der Waals surface area contributed by atoms with Gasteiger partial charge in [0.25, 0.3) is 0 Å². The predicted octanol–water partition coefficient (Wildman–Crippen LogP) is 2.87. The van der Waals surface area contributed by atoms with Gasteiger partial charge in [0.1, 0.15) is 22.8 Å². The summed E-state index contributed by atoms with van der Waals surface area (Å²) in [5.74, 6) is 0.931. The van der Waals surface area contributed by atoms with Gasteiger partial charge in [-0.15, -0.1) is 0 Å². The van der Waals surface area contributed by atoms with Crippen LogP contribution < -0.4 is 9.47 Å². The van der Waals surface area contributed by atoms with Gasteiger partial charge in [0.05, 0.1) is 26.0 Å². The molecule has 0 fully saturated rings. The van der Waals surface area contributed by atoms with Gasteiger partial charge in [-0.25, -0.2) is 0 Å². The molecular formula is C18H21N3O3. The quantitative estimate of drug-likeness (QED) is 0.753. The van der Waals surface area contributed by atoms with E-state index in [2.05, 4.69) is 15.4 Å². The molecule has 0 bridgehead atoms. The Labute approximate surface area is 140 Å². The van der Waals surface area contributed by atoms with E-state index in [4.69, 9.17) is 9.47 Å². The highest BCUT2D eigenvalue weighted by Crippen LogP contribution is 2.48. The number of hydrogen-bond donors (Lipinski definition) is 2. The van der Waals surface area contributed by atoms with Gasteiger partial charge >= 0.3 is 0 Å². The van der Waals surface area contributed by atoms with Crippen molar-refractivity contribution in [2.24, 2.45) is 5.92 Å². The summed E-state index contributed by atoms with van der Waals surface area (Å²) in [5, 5.41) is 24.0. The Morgan fingerprint density at radius 2 is 1.92 bits per heavy atom. The predicted molar refractivity (Wildman–Crippen MR) is 91.3 cm³/mol. The first-order valence-electron chi connectivity index (χ1n) is 7.76. The van der Waals surface area contributed by atoms with E-state index in [1.807, 2.05) is 44.2 Å². The summed E-state index contributed by atoms with van der Waals surface area (Å²) in [7, 11) is 3.17. The summed E-state index contributed by atoms with van der Waals surface area (Å²) in [6.07, 6.45) is 1.52.